The molecule has 0 bridgehead atoms. The fourth-order valence-electron chi connectivity index (χ4n) is 1.76. The van der Waals surface area contributed by atoms with Crippen LogP contribution in [0.3, 0.4) is 0 Å². The molecule has 0 amide bonds. The Bertz CT molecular complexity index is 569. The number of hydrogen-bond acceptors (Lipinski definition) is 3. The summed E-state index contributed by atoms with van der Waals surface area (Å²) in [5.74, 6) is -0.00431. The Labute approximate surface area is 111 Å². The second-order valence-electron chi connectivity index (χ2n) is 4.60. The van der Waals surface area contributed by atoms with Gasteiger partial charge in [-0.1, -0.05) is 26.0 Å². The van der Waals surface area contributed by atoms with Gasteiger partial charge in [0.15, 0.2) is 0 Å². The lowest BCUT2D eigenvalue weighted by Crippen LogP contribution is -2.02. The van der Waals surface area contributed by atoms with Crippen LogP contribution in [0.2, 0.25) is 0 Å². The first-order chi connectivity index (χ1) is 9.08. The van der Waals surface area contributed by atoms with E-state index in [4.69, 9.17) is 14.3 Å². The van der Waals surface area contributed by atoms with Crippen molar-refractivity contribution in [3.05, 3.63) is 53.5 Å². The van der Waals surface area contributed by atoms with E-state index in [1.807, 2.05) is 24.3 Å². The molecule has 100 valence electrons. The molecule has 0 radical (unpaired) electrons. The van der Waals surface area contributed by atoms with Gasteiger partial charge in [-0.2, -0.15) is 0 Å². The molecule has 4 heteroatoms. The average Bonchev–Trinajstić information content (AvgIpc) is 2.85. The average molecular weight is 260 g/mol. The Morgan fingerprint density at radius 3 is 2.84 bits per heavy atom. The Hall–Kier alpha value is -2.23. The Kier molecular flexibility index (Phi) is 3.90. The van der Waals surface area contributed by atoms with E-state index in [0.29, 0.717) is 11.5 Å². The molecule has 0 aliphatic carbocycles. The van der Waals surface area contributed by atoms with Crippen LogP contribution in [0.25, 0.3) is 0 Å². The minimum atomic E-state index is -1.08. The Morgan fingerprint density at radius 1 is 1.37 bits per heavy atom. The van der Waals surface area contributed by atoms with Gasteiger partial charge in [0.2, 0.25) is 5.76 Å². The summed E-state index contributed by atoms with van der Waals surface area (Å²) in [7, 11) is 0. The highest BCUT2D eigenvalue weighted by Gasteiger charge is 2.14. The minimum absolute atomic E-state index is 0.0694. The fourth-order valence-corrected chi connectivity index (χ4v) is 1.76. The van der Waals surface area contributed by atoms with Gasteiger partial charge in [0.1, 0.15) is 12.4 Å². The molecule has 1 aromatic carbocycles. The lowest BCUT2D eigenvalue weighted by molar-refractivity contribution is 0.0658. The zero-order valence-corrected chi connectivity index (χ0v) is 10.9. The van der Waals surface area contributed by atoms with Crippen LogP contribution in [0.4, 0.5) is 0 Å². The van der Waals surface area contributed by atoms with Crippen LogP contribution in [0.5, 0.6) is 5.75 Å². The van der Waals surface area contributed by atoms with Gasteiger partial charge >= 0.3 is 5.97 Å². The van der Waals surface area contributed by atoms with Crippen molar-refractivity contribution in [3.8, 4) is 5.75 Å². The standard InChI is InChI=1S/C15H16O4/c1-10(2)11-4-3-5-13(8-11)19-9-12-6-7-18-14(12)15(16)17/h3-8,10H,9H2,1-2H3,(H,16,17). The van der Waals surface area contributed by atoms with Gasteiger partial charge in [0, 0.05) is 5.56 Å². The normalized spacial score (nSPS) is 10.7. The SMILES string of the molecule is CC(C)c1cccc(OCc2ccoc2C(=O)O)c1. The molecular weight excluding hydrogens is 244 g/mol. The molecule has 2 aromatic rings. The van der Waals surface area contributed by atoms with Crippen LogP contribution >= 0.6 is 0 Å². The van der Waals surface area contributed by atoms with Crippen molar-refractivity contribution in [2.75, 3.05) is 0 Å². The number of carbonyl (C=O) groups is 1. The lowest BCUT2D eigenvalue weighted by atomic mass is 10.0. The molecule has 0 unspecified atom stereocenters. The van der Waals surface area contributed by atoms with E-state index >= 15 is 0 Å². The van der Waals surface area contributed by atoms with Crippen LogP contribution in [0.15, 0.2) is 41.0 Å². The summed E-state index contributed by atoms with van der Waals surface area (Å²) in [5, 5.41) is 8.92. The maximum absolute atomic E-state index is 10.9. The first-order valence-corrected chi connectivity index (χ1v) is 6.10. The van der Waals surface area contributed by atoms with Crippen molar-refractivity contribution in [2.45, 2.75) is 26.4 Å². The molecule has 0 aliphatic heterocycles. The summed E-state index contributed by atoms with van der Waals surface area (Å²) in [6.07, 6.45) is 1.35. The van der Waals surface area contributed by atoms with E-state index in [1.165, 1.54) is 11.8 Å². The summed E-state index contributed by atoms with van der Waals surface area (Å²) >= 11 is 0. The summed E-state index contributed by atoms with van der Waals surface area (Å²) in [4.78, 5) is 10.9. The smallest absolute Gasteiger partial charge is 0.372 e. The molecule has 0 spiro atoms. The van der Waals surface area contributed by atoms with Crippen molar-refractivity contribution < 1.29 is 19.1 Å². The lowest BCUT2D eigenvalue weighted by Gasteiger charge is -2.09. The number of ether oxygens (including phenoxy) is 1. The second kappa shape index (κ2) is 5.61. The molecule has 0 saturated carbocycles. The summed E-state index contributed by atoms with van der Waals surface area (Å²) in [6, 6.07) is 9.39. The molecule has 0 atom stereocenters. The third-order valence-corrected chi connectivity index (χ3v) is 2.86. The number of hydrogen-bond donors (Lipinski definition) is 1. The number of carboxylic acids is 1. The van der Waals surface area contributed by atoms with Gasteiger partial charge in [-0.25, -0.2) is 4.79 Å². The van der Waals surface area contributed by atoms with E-state index in [1.54, 1.807) is 6.07 Å². The molecular formula is C15H16O4. The largest absolute Gasteiger partial charge is 0.489 e. The van der Waals surface area contributed by atoms with Crippen LogP contribution in [0.1, 0.15) is 41.4 Å². The zero-order valence-electron chi connectivity index (χ0n) is 10.9. The number of benzene rings is 1. The van der Waals surface area contributed by atoms with Crippen molar-refractivity contribution in [3.63, 3.8) is 0 Å². The van der Waals surface area contributed by atoms with Crippen LogP contribution in [0, 0.1) is 0 Å². The fraction of sp³-hybridized carbons (Fsp3) is 0.267. The third-order valence-electron chi connectivity index (χ3n) is 2.86. The molecule has 1 aromatic heterocycles. The quantitative estimate of drug-likeness (QED) is 0.890. The van der Waals surface area contributed by atoms with Crippen molar-refractivity contribution >= 4 is 5.97 Å². The summed E-state index contributed by atoms with van der Waals surface area (Å²) < 4.78 is 10.5. The summed E-state index contributed by atoms with van der Waals surface area (Å²) in [6.45, 7) is 4.40. The van der Waals surface area contributed by atoms with E-state index < -0.39 is 5.97 Å². The molecule has 0 fully saturated rings. The van der Waals surface area contributed by atoms with Gasteiger partial charge in [-0.15, -0.1) is 0 Å². The summed E-state index contributed by atoms with van der Waals surface area (Å²) in [5.41, 5.74) is 1.71. The predicted octanol–water partition coefficient (Wildman–Crippen LogP) is 3.68. The van der Waals surface area contributed by atoms with E-state index in [2.05, 4.69) is 13.8 Å². The van der Waals surface area contributed by atoms with E-state index in [-0.39, 0.29) is 12.4 Å². The van der Waals surface area contributed by atoms with Crippen molar-refractivity contribution in [1.29, 1.82) is 0 Å². The number of aromatic carboxylic acids is 1. The van der Waals surface area contributed by atoms with Crippen LogP contribution in [-0.4, -0.2) is 11.1 Å². The number of carboxylic acid groups (broad SMARTS) is 1. The molecule has 19 heavy (non-hydrogen) atoms. The van der Waals surface area contributed by atoms with Gasteiger partial charge in [-0.05, 0) is 29.7 Å². The Balaban J connectivity index is 2.08. The Morgan fingerprint density at radius 2 is 2.16 bits per heavy atom. The highest BCUT2D eigenvalue weighted by Crippen LogP contribution is 2.21. The van der Waals surface area contributed by atoms with Gasteiger partial charge in [-0.3, -0.25) is 0 Å². The molecule has 0 aliphatic rings. The minimum Gasteiger partial charge on any atom is -0.489 e. The molecule has 0 saturated heterocycles. The van der Waals surface area contributed by atoms with Gasteiger partial charge in [0.05, 0.1) is 6.26 Å². The monoisotopic (exact) mass is 260 g/mol. The van der Waals surface area contributed by atoms with Crippen molar-refractivity contribution in [1.82, 2.24) is 0 Å². The first kappa shape index (κ1) is 13.2. The molecule has 1 N–H and O–H groups in total. The molecule has 1 heterocycles. The van der Waals surface area contributed by atoms with Crippen LogP contribution < -0.4 is 4.74 Å². The van der Waals surface area contributed by atoms with Gasteiger partial charge < -0.3 is 14.3 Å². The predicted molar refractivity (Wildman–Crippen MR) is 70.5 cm³/mol. The first-order valence-electron chi connectivity index (χ1n) is 6.10. The second-order valence-corrected chi connectivity index (χ2v) is 4.60. The van der Waals surface area contributed by atoms with Gasteiger partial charge in [0.25, 0.3) is 0 Å². The highest BCUT2D eigenvalue weighted by atomic mass is 16.5. The zero-order chi connectivity index (χ0) is 13.8. The highest BCUT2D eigenvalue weighted by molar-refractivity contribution is 5.86. The third kappa shape index (κ3) is 3.16. The number of furan rings is 1. The topological polar surface area (TPSA) is 59.7 Å². The van der Waals surface area contributed by atoms with E-state index in [0.717, 1.165) is 5.75 Å². The van der Waals surface area contributed by atoms with E-state index in [9.17, 15) is 4.79 Å². The maximum atomic E-state index is 10.9. The number of rotatable bonds is 5. The van der Waals surface area contributed by atoms with Crippen LogP contribution in [-0.2, 0) is 6.61 Å². The maximum Gasteiger partial charge on any atom is 0.372 e. The van der Waals surface area contributed by atoms with Crippen molar-refractivity contribution in [2.24, 2.45) is 0 Å². The molecule has 4 nitrogen and oxygen atoms in total. The molecule has 2 rings (SSSR count).